The normalized spacial score (nSPS) is 12.5. The van der Waals surface area contributed by atoms with E-state index in [1.165, 1.54) is 5.56 Å². The molecule has 0 radical (unpaired) electrons. The van der Waals surface area contributed by atoms with E-state index in [-0.39, 0.29) is 12.7 Å². The smallest absolute Gasteiger partial charge is 0.119 e. The number of hydrogen-bond acceptors (Lipinski definition) is 2. The van der Waals surface area contributed by atoms with Crippen LogP contribution < -0.4 is 4.74 Å². The first kappa shape index (κ1) is 11.1. The predicted octanol–water partition coefficient (Wildman–Crippen LogP) is 2.40. The van der Waals surface area contributed by atoms with E-state index in [1.54, 1.807) is 0 Å². The number of hydrogen-bond donors (Lipinski definition) is 1. The van der Waals surface area contributed by atoms with Crippen LogP contribution in [0.25, 0.3) is 0 Å². The summed E-state index contributed by atoms with van der Waals surface area (Å²) < 4.78 is 5.59. The van der Waals surface area contributed by atoms with E-state index in [0.717, 1.165) is 12.2 Å². The van der Waals surface area contributed by atoms with Crippen molar-refractivity contribution < 1.29 is 9.84 Å². The van der Waals surface area contributed by atoms with Gasteiger partial charge in [-0.3, -0.25) is 0 Å². The van der Waals surface area contributed by atoms with Gasteiger partial charge in [-0.2, -0.15) is 0 Å². The molecular weight excluding hydrogens is 176 g/mol. The molecule has 0 aliphatic heterocycles. The molecule has 2 nitrogen and oxygen atoms in total. The van der Waals surface area contributed by atoms with E-state index in [9.17, 15) is 0 Å². The third kappa shape index (κ3) is 3.38. The molecule has 1 unspecified atom stereocenters. The monoisotopic (exact) mass is 194 g/mol. The molecule has 1 rings (SSSR count). The van der Waals surface area contributed by atoms with Crippen molar-refractivity contribution in [1.29, 1.82) is 0 Å². The Morgan fingerprint density at radius 1 is 1.29 bits per heavy atom. The minimum absolute atomic E-state index is 0.0764. The third-order valence-electron chi connectivity index (χ3n) is 2.20. The average Bonchev–Trinajstić information content (AvgIpc) is 2.19. The van der Waals surface area contributed by atoms with Crippen LogP contribution in [-0.4, -0.2) is 17.8 Å². The van der Waals surface area contributed by atoms with Gasteiger partial charge in [0.15, 0.2) is 0 Å². The van der Waals surface area contributed by atoms with Crippen molar-refractivity contribution in [1.82, 2.24) is 0 Å². The highest BCUT2D eigenvalue weighted by Crippen LogP contribution is 2.14. The molecule has 0 spiro atoms. The van der Waals surface area contributed by atoms with Crippen LogP contribution in [-0.2, 0) is 6.42 Å². The molecule has 0 aliphatic carbocycles. The first-order chi connectivity index (χ1) is 6.76. The number of aryl methyl sites for hydroxylation is 1. The van der Waals surface area contributed by atoms with Crippen LogP contribution in [0.5, 0.6) is 5.75 Å². The second-order valence-corrected chi connectivity index (χ2v) is 3.44. The summed E-state index contributed by atoms with van der Waals surface area (Å²) in [7, 11) is 0. The van der Waals surface area contributed by atoms with Crippen LogP contribution in [0, 0.1) is 0 Å². The van der Waals surface area contributed by atoms with E-state index < -0.39 is 0 Å². The highest BCUT2D eigenvalue weighted by Gasteiger charge is 2.02. The van der Waals surface area contributed by atoms with Gasteiger partial charge in [-0.05, 0) is 31.0 Å². The van der Waals surface area contributed by atoms with Gasteiger partial charge in [0.1, 0.15) is 5.75 Å². The van der Waals surface area contributed by atoms with E-state index in [1.807, 2.05) is 19.1 Å². The second kappa shape index (κ2) is 5.66. The van der Waals surface area contributed by atoms with Gasteiger partial charge in [0.2, 0.25) is 0 Å². The third-order valence-corrected chi connectivity index (χ3v) is 2.20. The fraction of sp³-hybridized carbons (Fsp3) is 0.500. The summed E-state index contributed by atoms with van der Waals surface area (Å²) in [6, 6.07) is 8.10. The lowest BCUT2D eigenvalue weighted by Gasteiger charge is -2.13. The number of aliphatic hydroxyl groups excluding tert-OH is 1. The van der Waals surface area contributed by atoms with Crippen molar-refractivity contribution in [3.05, 3.63) is 29.8 Å². The van der Waals surface area contributed by atoms with Gasteiger partial charge >= 0.3 is 0 Å². The van der Waals surface area contributed by atoms with E-state index in [0.29, 0.717) is 6.42 Å². The number of benzene rings is 1. The molecule has 0 heterocycles. The maximum absolute atomic E-state index is 8.72. The van der Waals surface area contributed by atoms with Crippen LogP contribution >= 0.6 is 0 Å². The fourth-order valence-electron chi connectivity index (χ4n) is 1.28. The molecule has 1 aromatic carbocycles. The summed E-state index contributed by atoms with van der Waals surface area (Å²) >= 11 is 0. The molecule has 0 aromatic heterocycles. The lowest BCUT2D eigenvalue weighted by Crippen LogP contribution is -2.13. The summed E-state index contributed by atoms with van der Waals surface area (Å²) in [5, 5.41) is 8.72. The van der Waals surface area contributed by atoms with Crippen LogP contribution in [0.3, 0.4) is 0 Å². The molecule has 2 heteroatoms. The molecule has 78 valence electrons. The van der Waals surface area contributed by atoms with Gasteiger partial charge in [0.05, 0.1) is 6.10 Å². The SMILES string of the molecule is CCc1ccc(OC(C)CCO)cc1. The van der Waals surface area contributed by atoms with Crippen LogP contribution in [0.1, 0.15) is 25.8 Å². The van der Waals surface area contributed by atoms with Crippen LogP contribution in [0.15, 0.2) is 24.3 Å². The van der Waals surface area contributed by atoms with Gasteiger partial charge in [0.25, 0.3) is 0 Å². The molecule has 1 atom stereocenters. The largest absolute Gasteiger partial charge is 0.491 e. The Hall–Kier alpha value is -1.02. The van der Waals surface area contributed by atoms with Crippen LogP contribution in [0.4, 0.5) is 0 Å². The highest BCUT2D eigenvalue weighted by atomic mass is 16.5. The maximum Gasteiger partial charge on any atom is 0.119 e. The highest BCUT2D eigenvalue weighted by molar-refractivity contribution is 5.27. The Balaban J connectivity index is 2.50. The molecule has 0 saturated carbocycles. The zero-order valence-corrected chi connectivity index (χ0v) is 8.86. The number of aliphatic hydroxyl groups is 1. The molecule has 1 N–H and O–H groups in total. The predicted molar refractivity (Wildman–Crippen MR) is 57.6 cm³/mol. The van der Waals surface area contributed by atoms with Crippen molar-refractivity contribution in [2.24, 2.45) is 0 Å². The summed E-state index contributed by atoms with van der Waals surface area (Å²) in [4.78, 5) is 0. The summed E-state index contributed by atoms with van der Waals surface area (Å²) in [6.45, 7) is 4.27. The maximum atomic E-state index is 8.72. The molecule has 0 amide bonds. The number of ether oxygens (including phenoxy) is 1. The fourth-order valence-corrected chi connectivity index (χ4v) is 1.28. The molecular formula is C12H18O2. The van der Waals surface area contributed by atoms with Crippen LogP contribution in [0.2, 0.25) is 0 Å². The standard InChI is InChI=1S/C12H18O2/c1-3-11-4-6-12(7-5-11)14-10(2)8-9-13/h4-7,10,13H,3,8-9H2,1-2H3. The van der Waals surface area contributed by atoms with Gasteiger partial charge in [-0.1, -0.05) is 19.1 Å². The minimum Gasteiger partial charge on any atom is -0.491 e. The quantitative estimate of drug-likeness (QED) is 0.780. The molecule has 1 aromatic rings. The summed E-state index contributed by atoms with van der Waals surface area (Å²) in [6.07, 6.45) is 1.80. The molecule has 0 saturated heterocycles. The average molecular weight is 194 g/mol. The van der Waals surface area contributed by atoms with Crippen molar-refractivity contribution in [3.8, 4) is 5.75 Å². The first-order valence-electron chi connectivity index (χ1n) is 5.12. The molecule has 0 bridgehead atoms. The Morgan fingerprint density at radius 3 is 2.43 bits per heavy atom. The van der Waals surface area contributed by atoms with Crippen molar-refractivity contribution in [3.63, 3.8) is 0 Å². The second-order valence-electron chi connectivity index (χ2n) is 3.44. The number of rotatable bonds is 5. The van der Waals surface area contributed by atoms with E-state index >= 15 is 0 Å². The summed E-state index contributed by atoms with van der Waals surface area (Å²) in [5.41, 5.74) is 1.31. The van der Waals surface area contributed by atoms with E-state index in [2.05, 4.69) is 19.1 Å². The first-order valence-corrected chi connectivity index (χ1v) is 5.12. The van der Waals surface area contributed by atoms with E-state index in [4.69, 9.17) is 9.84 Å². The van der Waals surface area contributed by atoms with Gasteiger partial charge in [-0.25, -0.2) is 0 Å². The topological polar surface area (TPSA) is 29.5 Å². The van der Waals surface area contributed by atoms with Gasteiger partial charge in [-0.15, -0.1) is 0 Å². The van der Waals surface area contributed by atoms with Gasteiger partial charge in [0, 0.05) is 13.0 Å². The zero-order chi connectivity index (χ0) is 10.4. The van der Waals surface area contributed by atoms with Gasteiger partial charge < -0.3 is 9.84 Å². The zero-order valence-electron chi connectivity index (χ0n) is 8.86. The summed E-state index contributed by atoms with van der Waals surface area (Å²) in [5.74, 6) is 0.878. The Kier molecular flexibility index (Phi) is 4.47. The lowest BCUT2D eigenvalue weighted by molar-refractivity contribution is 0.169. The Morgan fingerprint density at radius 2 is 1.93 bits per heavy atom. The molecule has 0 fully saturated rings. The van der Waals surface area contributed by atoms with Crippen molar-refractivity contribution in [2.45, 2.75) is 32.8 Å². The molecule has 0 aliphatic rings. The lowest BCUT2D eigenvalue weighted by atomic mass is 10.2. The Labute approximate surface area is 85.5 Å². The molecule has 14 heavy (non-hydrogen) atoms. The Bertz CT molecular complexity index is 254. The minimum atomic E-state index is 0.0764. The van der Waals surface area contributed by atoms with Crippen molar-refractivity contribution >= 4 is 0 Å². The van der Waals surface area contributed by atoms with Crippen molar-refractivity contribution in [2.75, 3.05) is 6.61 Å².